The summed E-state index contributed by atoms with van der Waals surface area (Å²) in [6.45, 7) is 0. The monoisotopic (exact) mass is 476 g/mol. The molecule has 34 heavy (non-hydrogen) atoms. The van der Waals surface area contributed by atoms with Gasteiger partial charge < -0.3 is 20.1 Å². The summed E-state index contributed by atoms with van der Waals surface area (Å²) in [6.07, 6.45) is 8.24. The van der Waals surface area contributed by atoms with Crippen LogP contribution in [0.15, 0.2) is 36.1 Å². The first-order valence-electron chi connectivity index (χ1n) is 11.4. The molecule has 0 aliphatic heterocycles. The third-order valence-electron chi connectivity index (χ3n) is 6.08. The molecule has 0 saturated heterocycles. The Balaban J connectivity index is 1.49. The minimum absolute atomic E-state index is 0.0305. The van der Waals surface area contributed by atoms with Crippen LogP contribution in [0.3, 0.4) is 0 Å². The van der Waals surface area contributed by atoms with Gasteiger partial charge >= 0.3 is 0 Å². The first-order valence-corrected chi connectivity index (χ1v) is 12.2. The highest BCUT2D eigenvalue weighted by atomic mass is 32.1. The summed E-state index contributed by atoms with van der Waals surface area (Å²) in [7, 11) is 1.68. The van der Waals surface area contributed by atoms with Crippen molar-refractivity contribution in [2.45, 2.75) is 38.0 Å². The van der Waals surface area contributed by atoms with Crippen molar-refractivity contribution < 1.29 is 14.6 Å². The van der Waals surface area contributed by atoms with Gasteiger partial charge in [-0.1, -0.05) is 0 Å². The molecule has 1 atom stereocenters. The number of ether oxygens (including phenoxy) is 1. The number of carbonyl (C=O) groups excluding carboxylic acids is 1. The van der Waals surface area contributed by atoms with Gasteiger partial charge in [-0.3, -0.25) is 10.1 Å². The van der Waals surface area contributed by atoms with E-state index in [4.69, 9.17) is 4.74 Å². The minimum atomic E-state index is -0.909. The molecule has 6 rings (SSSR count). The number of rotatable bonds is 8. The number of aliphatic hydroxyl groups excluding tert-OH is 1. The number of hydrogen-bond acceptors (Lipinski definition) is 8. The second-order valence-electron chi connectivity index (χ2n) is 8.72. The van der Waals surface area contributed by atoms with E-state index in [9.17, 15) is 9.90 Å². The molecule has 10 heteroatoms. The number of thiazole rings is 1. The smallest absolute Gasteiger partial charge is 0.228 e. The molecule has 2 saturated carbocycles. The molecule has 1 amide bonds. The third kappa shape index (κ3) is 4.04. The maximum atomic E-state index is 12.5. The number of fused-ring (bicyclic) bond motifs is 1. The van der Waals surface area contributed by atoms with E-state index in [0.29, 0.717) is 22.8 Å². The topological polar surface area (TPSA) is 125 Å². The number of hydrogen-bond donors (Lipinski definition) is 4. The van der Waals surface area contributed by atoms with Crippen LogP contribution in [-0.2, 0) is 4.79 Å². The van der Waals surface area contributed by atoms with Gasteiger partial charge in [0, 0.05) is 46.4 Å². The summed E-state index contributed by atoms with van der Waals surface area (Å²) in [5.74, 6) is 1.00. The van der Waals surface area contributed by atoms with Crippen LogP contribution in [-0.4, -0.2) is 44.1 Å². The summed E-state index contributed by atoms with van der Waals surface area (Å²) >= 11 is 1.54. The molecule has 4 aromatic rings. The highest BCUT2D eigenvalue weighted by Gasteiger charge is 2.31. The van der Waals surface area contributed by atoms with Gasteiger partial charge in [0.05, 0.1) is 16.8 Å². The Morgan fingerprint density at radius 2 is 2.06 bits per heavy atom. The Labute approximate surface area is 199 Å². The molecular formula is C24H24N6O3S. The second-order valence-corrected chi connectivity index (χ2v) is 9.61. The normalized spacial score (nSPS) is 16.5. The fourth-order valence-electron chi connectivity index (χ4n) is 3.88. The van der Waals surface area contributed by atoms with Gasteiger partial charge in [0.1, 0.15) is 17.3 Å². The third-order valence-corrected chi connectivity index (χ3v) is 6.90. The number of amides is 1. The summed E-state index contributed by atoms with van der Waals surface area (Å²) in [4.78, 5) is 29.4. The van der Waals surface area contributed by atoms with Crippen LogP contribution in [0.1, 0.15) is 37.5 Å². The molecule has 1 unspecified atom stereocenters. The SMILES string of the molecule is CNC(O)c1cnc(NC(=O)C2CC2)c2[nH]c(-c3cc(-c4nccs4)cnc3OC3CC3)cc12. The zero-order chi connectivity index (χ0) is 23.2. The summed E-state index contributed by atoms with van der Waals surface area (Å²) in [5, 5.41) is 19.9. The molecule has 2 aliphatic carbocycles. The van der Waals surface area contributed by atoms with Crippen LogP contribution in [0, 0.1) is 5.92 Å². The number of pyridine rings is 2. The maximum Gasteiger partial charge on any atom is 0.228 e. The molecule has 4 N–H and O–H groups in total. The lowest BCUT2D eigenvalue weighted by Gasteiger charge is -2.12. The van der Waals surface area contributed by atoms with Gasteiger partial charge in [-0.2, -0.15) is 0 Å². The Hall–Kier alpha value is -3.34. The lowest BCUT2D eigenvalue weighted by molar-refractivity contribution is -0.117. The van der Waals surface area contributed by atoms with E-state index in [2.05, 4.69) is 30.6 Å². The largest absolute Gasteiger partial charge is 0.474 e. The van der Waals surface area contributed by atoms with Gasteiger partial charge in [-0.25, -0.2) is 15.0 Å². The zero-order valence-electron chi connectivity index (χ0n) is 18.5. The van der Waals surface area contributed by atoms with Crippen LogP contribution in [0.25, 0.3) is 32.7 Å². The zero-order valence-corrected chi connectivity index (χ0v) is 19.4. The van der Waals surface area contributed by atoms with Crippen LogP contribution >= 0.6 is 11.3 Å². The molecule has 0 spiro atoms. The van der Waals surface area contributed by atoms with Crippen molar-refractivity contribution in [2.75, 3.05) is 12.4 Å². The average Bonchev–Trinajstić information content (AvgIpc) is 3.76. The first-order chi connectivity index (χ1) is 16.6. The Morgan fingerprint density at radius 3 is 2.76 bits per heavy atom. The standard InChI is InChI=1S/C24H24N6O3S/c1-25-22(32)17-11-27-20(30-21(31)12-2-3-12)19-15(17)9-18(29-19)16-8-13(24-26-6-7-34-24)10-28-23(16)33-14-4-5-14/h6-12,14,22,25,29,32H,2-5H2,1H3,(H,27,30,31). The molecular weight excluding hydrogens is 452 g/mol. The van der Waals surface area contributed by atoms with E-state index >= 15 is 0 Å². The molecule has 0 bridgehead atoms. The van der Waals surface area contributed by atoms with Gasteiger partial charge in [0.2, 0.25) is 11.8 Å². The summed E-state index contributed by atoms with van der Waals surface area (Å²) < 4.78 is 6.12. The number of aromatic amines is 1. The Bertz CT molecular complexity index is 1360. The van der Waals surface area contributed by atoms with Gasteiger partial charge in [0.15, 0.2) is 5.82 Å². The number of nitrogens with zero attached hydrogens (tertiary/aromatic N) is 3. The first kappa shape index (κ1) is 21.2. The fourth-order valence-corrected chi connectivity index (χ4v) is 4.50. The van der Waals surface area contributed by atoms with Crippen molar-refractivity contribution in [1.82, 2.24) is 25.3 Å². The molecule has 4 heterocycles. The molecule has 0 aromatic carbocycles. The van der Waals surface area contributed by atoms with E-state index in [0.717, 1.165) is 52.9 Å². The van der Waals surface area contributed by atoms with E-state index in [1.54, 1.807) is 37.0 Å². The minimum Gasteiger partial charge on any atom is -0.474 e. The average molecular weight is 477 g/mol. The summed E-state index contributed by atoms with van der Waals surface area (Å²) in [6, 6.07) is 3.96. The molecule has 174 valence electrons. The number of carbonyl (C=O) groups is 1. The van der Waals surface area contributed by atoms with Crippen molar-refractivity contribution in [1.29, 1.82) is 0 Å². The molecule has 2 aliphatic rings. The van der Waals surface area contributed by atoms with E-state index in [-0.39, 0.29) is 17.9 Å². The van der Waals surface area contributed by atoms with Crippen LogP contribution in [0.4, 0.5) is 5.82 Å². The van der Waals surface area contributed by atoms with Gasteiger partial charge in [-0.05, 0) is 44.9 Å². The Kier molecular flexibility index (Phi) is 5.28. The fraction of sp³-hybridized carbons (Fsp3) is 0.333. The molecule has 0 radical (unpaired) electrons. The van der Waals surface area contributed by atoms with Gasteiger partial charge in [0.25, 0.3) is 0 Å². The van der Waals surface area contributed by atoms with Crippen LogP contribution in [0.5, 0.6) is 5.88 Å². The van der Waals surface area contributed by atoms with Crippen molar-refractivity contribution in [3.05, 3.63) is 41.7 Å². The number of aliphatic hydroxyl groups is 1. The number of anilines is 1. The number of nitrogens with one attached hydrogen (secondary N) is 3. The molecule has 4 aromatic heterocycles. The van der Waals surface area contributed by atoms with Crippen molar-refractivity contribution in [3.63, 3.8) is 0 Å². The highest BCUT2D eigenvalue weighted by Crippen LogP contribution is 2.39. The second kappa shape index (κ2) is 8.46. The van der Waals surface area contributed by atoms with Gasteiger partial charge in [-0.15, -0.1) is 11.3 Å². The van der Waals surface area contributed by atoms with E-state index in [1.165, 1.54) is 0 Å². The van der Waals surface area contributed by atoms with Crippen molar-refractivity contribution in [3.8, 4) is 27.7 Å². The highest BCUT2D eigenvalue weighted by molar-refractivity contribution is 7.13. The molecule has 9 nitrogen and oxygen atoms in total. The molecule has 2 fully saturated rings. The Morgan fingerprint density at radius 1 is 1.21 bits per heavy atom. The number of aromatic nitrogens is 4. The van der Waals surface area contributed by atoms with Crippen LogP contribution < -0.4 is 15.4 Å². The lowest BCUT2D eigenvalue weighted by Crippen LogP contribution is -2.17. The maximum absolute atomic E-state index is 12.5. The lowest BCUT2D eigenvalue weighted by atomic mass is 10.1. The number of H-pyrrole nitrogens is 1. The van der Waals surface area contributed by atoms with Crippen molar-refractivity contribution >= 4 is 34.0 Å². The van der Waals surface area contributed by atoms with E-state index in [1.807, 2.05) is 17.5 Å². The quantitative estimate of drug-likeness (QED) is 0.285. The summed E-state index contributed by atoms with van der Waals surface area (Å²) in [5.41, 5.74) is 3.70. The predicted molar refractivity (Wildman–Crippen MR) is 129 cm³/mol. The predicted octanol–water partition coefficient (Wildman–Crippen LogP) is 3.85. The van der Waals surface area contributed by atoms with Crippen LogP contribution in [0.2, 0.25) is 0 Å². The van der Waals surface area contributed by atoms with Crippen molar-refractivity contribution in [2.24, 2.45) is 5.92 Å². The van der Waals surface area contributed by atoms with E-state index < -0.39 is 6.23 Å².